The Balaban J connectivity index is 2.16. The average molecular weight is 243 g/mol. The molecule has 2 aromatic rings. The number of hydrogen-bond donors (Lipinski definition) is 1. The van der Waals surface area contributed by atoms with E-state index in [-0.39, 0.29) is 6.61 Å². The van der Waals surface area contributed by atoms with E-state index in [1.54, 1.807) is 11.8 Å². The van der Waals surface area contributed by atoms with Crippen molar-refractivity contribution in [2.45, 2.75) is 5.75 Å². The Hall–Kier alpha value is -0.710. The van der Waals surface area contributed by atoms with Crippen LogP contribution < -0.4 is 0 Å². The van der Waals surface area contributed by atoms with Crippen LogP contribution in [0.5, 0.6) is 0 Å². The van der Waals surface area contributed by atoms with Crippen LogP contribution in [0.25, 0.3) is 5.65 Å². The second kappa shape index (κ2) is 4.88. The van der Waals surface area contributed by atoms with Gasteiger partial charge in [0.05, 0.1) is 17.3 Å². The van der Waals surface area contributed by atoms with Gasteiger partial charge in [-0.1, -0.05) is 11.6 Å². The Kier molecular flexibility index (Phi) is 3.51. The lowest BCUT2D eigenvalue weighted by Gasteiger charge is -1.93. The third kappa shape index (κ3) is 2.65. The highest BCUT2D eigenvalue weighted by atomic mass is 35.5. The number of aliphatic hydroxyl groups excluding tert-OH is 1. The number of rotatable bonds is 4. The first-order valence-corrected chi connectivity index (χ1v) is 6.14. The molecule has 0 saturated carbocycles. The lowest BCUT2D eigenvalue weighted by molar-refractivity contribution is 0.322. The standard InChI is InChI=1S/C10H11ClN2OS/c11-8-1-2-10-12-9(6-13(10)5-8)7-15-4-3-14/h1-2,5-6,14H,3-4,7H2. The van der Waals surface area contributed by atoms with Gasteiger partial charge >= 0.3 is 0 Å². The number of imidazole rings is 1. The van der Waals surface area contributed by atoms with Crippen LogP contribution in [-0.2, 0) is 5.75 Å². The van der Waals surface area contributed by atoms with Crippen LogP contribution >= 0.6 is 23.4 Å². The van der Waals surface area contributed by atoms with Gasteiger partial charge in [0.25, 0.3) is 0 Å². The van der Waals surface area contributed by atoms with Crippen molar-refractivity contribution in [2.75, 3.05) is 12.4 Å². The first kappa shape index (κ1) is 10.8. The van der Waals surface area contributed by atoms with Crippen LogP contribution in [0.15, 0.2) is 24.5 Å². The van der Waals surface area contributed by atoms with Crippen LogP contribution in [0, 0.1) is 0 Å². The highest BCUT2D eigenvalue weighted by Gasteiger charge is 2.01. The largest absolute Gasteiger partial charge is 0.396 e. The van der Waals surface area contributed by atoms with E-state index in [9.17, 15) is 0 Å². The molecule has 0 saturated heterocycles. The van der Waals surface area contributed by atoms with Gasteiger partial charge in [-0.2, -0.15) is 11.8 Å². The molecule has 2 rings (SSSR count). The molecule has 80 valence electrons. The Labute approximate surface area is 97.1 Å². The average Bonchev–Trinajstić information content (AvgIpc) is 2.60. The molecule has 0 aromatic carbocycles. The number of hydrogen-bond acceptors (Lipinski definition) is 3. The minimum atomic E-state index is 0.212. The predicted octanol–water partition coefficient (Wildman–Crippen LogP) is 2.21. The quantitative estimate of drug-likeness (QED) is 0.836. The number of nitrogens with zero attached hydrogens (tertiary/aromatic N) is 2. The molecule has 0 bridgehead atoms. The van der Waals surface area contributed by atoms with Crippen molar-refractivity contribution < 1.29 is 5.11 Å². The third-order valence-electron chi connectivity index (χ3n) is 1.95. The molecule has 0 amide bonds. The van der Waals surface area contributed by atoms with E-state index in [1.165, 1.54) is 0 Å². The van der Waals surface area contributed by atoms with E-state index in [0.29, 0.717) is 5.02 Å². The SMILES string of the molecule is OCCSCc1cn2cc(Cl)ccc2n1. The maximum atomic E-state index is 8.66. The van der Waals surface area contributed by atoms with Crippen molar-refractivity contribution >= 4 is 29.0 Å². The zero-order valence-electron chi connectivity index (χ0n) is 8.06. The van der Waals surface area contributed by atoms with Crippen LogP contribution in [0.4, 0.5) is 0 Å². The summed E-state index contributed by atoms with van der Waals surface area (Å²) in [5, 5.41) is 9.36. The van der Waals surface area contributed by atoms with E-state index in [1.807, 2.05) is 28.9 Å². The molecule has 2 heterocycles. The molecule has 15 heavy (non-hydrogen) atoms. The molecular formula is C10H11ClN2OS. The molecule has 0 aliphatic carbocycles. The molecule has 1 N–H and O–H groups in total. The minimum absolute atomic E-state index is 0.212. The lowest BCUT2D eigenvalue weighted by Crippen LogP contribution is -1.87. The third-order valence-corrected chi connectivity index (χ3v) is 3.15. The second-order valence-corrected chi connectivity index (χ2v) is 4.66. The number of fused-ring (bicyclic) bond motifs is 1. The highest BCUT2D eigenvalue weighted by molar-refractivity contribution is 7.98. The zero-order valence-corrected chi connectivity index (χ0v) is 9.63. The summed E-state index contributed by atoms with van der Waals surface area (Å²) in [4.78, 5) is 4.43. The number of halogens is 1. The van der Waals surface area contributed by atoms with Gasteiger partial charge in [0.1, 0.15) is 5.65 Å². The fraction of sp³-hybridized carbons (Fsp3) is 0.300. The van der Waals surface area contributed by atoms with Crippen molar-refractivity contribution in [3.05, 3.63) is 35.2 Å². The summed E-state index contributed by atoms with van der Waals surface area (Å²) >= 11 is 7.53. The Bertz CT molecular complexity index is 458. The monoisotopic (exact) mass is 242 g/mol. The minimum Gasteiger partial charge on any atom is -0.396 e. The topological polar surface area (TPSA) is 37.5 Å². The first-order valence-electron chi connectivity index (χ1n) is 4.61. The van der Waals surface area contributed by atoms with E-state index < -0.39 is 0 Å². The molecule has 3 nitrogen and oxygen atoms in total. The van der Waals surface area contributed by atoms with Gasteiger partial charge in [0, 0.05) is 23.9 Å². The second-order valence-electron chi connectivity index (χ2n) is 3.12. The van der Waals surface area contributed by atoms with Gasteiger partial charge in [-0.3, -0.25) is 0 Å². The van der Waals surface area contributed by atoms with Crippen molar-refractivity contribution in [3.63, 3.8) is 0 Å². The Morgan fingerprint density at radius 1 is 1.40 bits per heavy atom. The van der Waals surface area contributed by atoms with Gasteiger partial charge in [-0.15, -0.1) is 0 Å². The van der Waals surface area contributed by atoms with Crippen LogP contribution in [0.3, 0.4) is 0 Å². The fourth-order valence-corrected chi connectivity index (χ4v) is 2.12. The summed E-state index contributed by atoms with van der Waals surface area (Å²) in [6.07, 6.45) is 3.80. The summed E-state index contributed by atoms with van der Waals surface area (Å²) in [5.41, 5.74) is 1.91. The molecule has 5 heteroatoms. The molecule has 0 unspecified atom stereocenters. The van der Waals surface area contributed by atoms with Gasteiger partial charge in [-0.05, 0) is 12.1 Å². The van der Waals surface area contributed by atoms with E-state index in [2.05, 4.69) is 4.98 Å². The van der Waals surface area contributed by atoms with Gasteiger partial charge in [0.15, 0.2) is 0 Å². The summed E-state index contributed by atoms with van der Waals surface area (Å²) in [6, 6.07) is 3.72. The predicted molar refractivity (Wildman–Crippen MR) is 63.4 cm³/mol. The number of aliphatic hydroxyl groups is 1. The van der Waals surface area contributed by atoms with Crippen molar-refractivity contribution in [2.24, 2.45) is 0 Å². The van der Waals surface area contributed by atoms with Gasteiger partial charge in [-0.25, -0.2) is 4.98 Å². The molecular weight excluding hydrogens is 232 g/mol. The summed E-state index contributed by atoms with van der Waals surface area (Å²) in [7, 11) is 0. The van der Waals surface area contributed by atoms with Crippen LogP contribution in [0.2, 0.25) is 5.02 Å². The number of aromatic nitrogens is 2. The van der Waals surface area contributed by atoms with E-state index >= 15 is 0 Å². The van der Waals surface area contributed by atoms with Crippen molar-refractivity contribution in [1.82, 2.24) is 9.38 Å². The first-order chi connectivity index (χ1) is 7.29. The molecule has 0 aliphatic heterocycles. The molecule has 2 aromatic heterocycles. The van der Waals surface area contributed by atoms with Crippen LogP contribution in [0.1, 0.15) is 5.69 Å². The van der Waals surface area contributed by atoms with E-state index in [4.69, 9.17) is 16.7 Å². The fourth-order valence-electron chi connectivity index (χ4n) is 1.33. The molecule has 0 aliphatic rings. The maximum Gasteiger partial charge on any atom is 0.137 e. The number of thioether (sulfide) groups is 1. The van der Waals surface area contributed by atoms with Crippen molar-refractivity contribution in [1.29, 1.82) is 0 Å². The zero-order chi connectivity index (χ0) is 10.7. The number of pyridine rings is 1. The highest BCUT2D eigenvalue weighted by Crippen LogP contribution is 2.15. The molecule has 0 radical (unpaired) electrons. The smallest absolute Gasteiger partial charge is 0.137 e. The maximum absolute atomic E-state index is 8.66. The lowest BCUT2D eigenvalue weighted by atomic mass is 10.5. The Morgan fingerprint density at radius 2 is 2.27 bits per heavy atom. The van der Waals surface area contributed by atoms with Gasteiger partial charge in [0.2, 0.25) is 0 Å². The Morgan fingerprint density at radius 3 is 3.07 bits per heavy atom. The van der Waals surface area contributed by atoms with E-state index in [0.717, 1.165) is 22.8 Å². The molecule has 0 fully saturated rings. The van der Waals surface area contributed by atoms with Crippen molar-refractivity contribution in [3.8, 4) is 0 Å². The van der Waals surface area contributed by atoms with Crippen LogP contribution in [-0.4, -0.2) is 26.9 Å². The summed E-state index contributed by atoms with van der Waals surface area (Å²) in [5.74, 6) is 1.56. The summed E-state index contributed by atoms with van der Waals surface area (Å²) < 4.78 is 1.91. The molecule has 0 spiro atoms. The molecule has 0 atom stereocenters. The normalized spacial score (nSPS) is 11.1. The van der Waals surface area contributed by atoms with Gasteiger partial charge < -0.3 is 9.51 Å². The summed E-state index contributed by atoms with van der Waals surface area (Å²) in [6.45, 7) is 0.212.